The summed E-state index contributed by atoms with van der Waals surface area (Å²) < 4.78 is 1.11. The lowest BCUT2D eigenvalue weighted by molar-refractivity contribution is 0.205. The van der Waals surface area contributed by atoms with E-state index in [1.165, 1.54) is 24.9 Å². The van der Waals surface area contributed by atoms with Crippen LogP contribution >= 0.6 is 15.9 Å². The highest BCUT2D eigenvalue weighted by Gasteiger charge is 2.25. The zero-order valence-corrected chi connectivity index (χ0v) is 13.6. The number of hydrogen-bond donors (Lipinski definition) is 1. The summed E-state index contributed by atoms with van der Waals surface area (Å²) in [5.74, 6) is 0.950. The summed E-state index contributed by atoms with van der Waals surface area (Å²) in [7, 11) is 0. The fourth-order valence-electron chi connectivity index (χ4n) is 2.37. The van der Waals surface area contributed by atoms with Gasteiger partial charge in [0.05, 0.1) is 0 Å². The normalized spacial score (nSPS) is 17.2. The van der Waals surface area contributed by atoms with Crippen LogP contribution in [0, 0.1) is 5.92 Å². The van der Waals surface area contributed by atoms with Crippen LogP contribution in [0.3, 0.4) is 0 Å². The van der Waals surface area contributed by atoms with Crippen LogP contribution in [-0.4, -0.2) is 24.0 Å². The van der Waals surface area contributed by atoms with Crippen molar-refractivity contribution in [2.24, 2.45) is 11.7 Å². The molecule has 3 heteroatoms. The first kappa shape index (κ1) is 15.0. The molecule has 1 saturated carbocycles. The third-order valence-corrected chi connectivity index (χ3v) is 4.47. The maximum Gasteiger partial charge on any atom is 0.0307 e. The van der Waals surface area contributed by atoms with Gasteiger partial charge in [0.1, 0.15) is 0 Å². The molecule has 1 unspecified atom stereocenters. The molecule has 2 N–H and O–H groups in total. The Morgan fingerprint density at radius 2 is 1.89 bits per heavy atom. The van der Waals surface area contributed by atoms with Gasteiger partial charge in [-0.05, 0) is 56.7 Å². The molecule has 1 aliphatic rings. The molecule has 0 spiro atoms. The van der Waals surface area contributed by atoms with Crippen LogP contribution in [-0.2, 0) is 0 Å². The topological polar surface area (TPSA) is 29.3 Å². The summed E-state index contributed by atoms with van der Waals surface area (Å²) in [5, 5.41) is 0. The fraction of sp³-hybridized carbons (Fsp3) is 0.625. The summed E-state index contributed by atoms with van der Waals surface area (Å²) in [6.45, 7) is 6.93. The van der Waals surface area contributed by atoms with Gasteiger partial charge in [0.15, 0.2) is 0 Å². The van der Waals surface area contributed by atoms with Gasteiger partial charge in [-0.15, -0.1) is 0 Å². The summed E-state index contributed by atoms with van der Waals surface area (Å²) in [4.78, 5) is 2.58. The largest absolute Gasteiger partial charge is 0.324 e. The Morgan fingerprint density at radius 1 is 1.26 bits per heavy atom. The van der Waals surface area contributed by atoms with Crippen LogP contribution in [0.2, 0.25) is 0 Å². The molecule has 2 rings (SSSR count). The van der Waals surface area contributed by atoms with E-state index in [4.69, 9.17) is 5.73 Å². The lowest BCUT2D eigenvalue weighted by Crippen LogP contribution is -2.35. The molecule has 0 aliphatic heterocycles. The Bertz CT molecular complexity index is 384. The number of halogens is 1. The summed E-state index contributed by atoms with van der Waals surface area (Å²) in [6, 6.07) is 9.15. The second kappa shape index (κ2) is 6.87. The predicted octanol–water partition coefficient (Wildman–Crippen LogP) is 3.96. The Kier molecular flexibility index (Phi) is 5.43. The average molecular weight is 325 g/mol. The molecule has 2 nitrogen and oxygen atoms in total. The van der Waals surface area contributed by atoms with E-state index in [0.717, 1.165) is 23.4 Å². The highest BCUT2D eigenvalue weighted by molar-refractivity contribution is 9.10. The van der Waals surface area contributed by atoms with E-state index in [1.54, 1.807) is 0 Å². The van der Waals surface area contributed by atoms with Crippen molar-refractivity contribution in [1.29, 1.82) is 0 Å². The van der Waals surface area contributed by atoms with E-state index in [9.17, 15) is 0 Å². The number of hydrogen-bond acceptors (Lipinski definition) is 2. The van der Waals surface area contributed by atoms with Crippen molar-refractivity contribution in [3.8, 4) is 0 Å². The van der Waals surface area contributed by atoms with Gasteiger partial charge in [0.25, 0.3) is 0 Å². The first-order valence-electron chi connectivity index (χ1n) is 7.31. The maximum absolute atomic E-state index is 6.30. The van der Waals surface area contributed by atoms with E-state index in [0.29, 0.717) is 6.04 Å². The SMILES string of the molecule is CC(C)N(CCC(N)c1ccc(Br)cc1)CC1CC1. The van der Waals surface area contributed by atoms with Crippen molar-refractivity contribution in [2.75, 3.05) is 13.1 Å². The standard InChI is InChI=1S/C16H25BrN2/c1-12(2)19(11-13-3-4-13)10-9-16(18)14-5-7-15(17)8-6-14/h5-8,12-13,16H,3-4,9-11,18H2,1-2H3. The highest BCUT2D eigenvalue weighted by Crippen LogP contribution is 2.30. The Balaban J connectivity index is 1.83. The Hall–Kier alpha value is -0.380. The van der Waals surface area contributed by atoms with Gasteiger partial charge in [-0.2, -0.15) is 0 Å². The minimum absolute atomic E-state index is 0.147. The Labute approximate surface area is 125 Å². The van der Waals surface area contributed by atoms with E-state index < -0.39 is 0 Å². The molecule has 0 heterocycles. The van der Waals surface area contributed by atoms with Gasteiger partial charge in [0.2, 0.25) is 0 Å². The quantitative estimate of drug-likeness (QED) is 0.822. The van der Waals surface area contributed by atoms with Crippen molar-refractivity contribution in [3.05, 3.63) is 34.3 Å². The van der Waals surface area contributed by atoms with Crippen molar-refractivity contribution in [1.82, 2.24) is 4.90 Å². The minimum Gasteiger partial charge on any atom is -0.324 e. The lowest BCUT2D eigenvalue weighted by Gasteiger charge is -2.27. The molecule has 106 valence electrons. The summed E-state index contributed by atoms with van der Waals surface area (Å²) in [5.41, 5.74) is 7.53. The van der Waals surface area contributed by atoms with Crippen LogP contribution in [0.4, 0.5) is 0 Å². The number of benzene rings is 1. The van der Waals surface area contributed by atoms with Crippen LogP contribution in [0.15, 0.2) is 28.7 Å². The number of nitrogens with two attached hydrogens (primary N) is 1. The van der Waals surface area contributed by atoms with Crippen LogP contribution in [0.25, 0.3) is 0 Å². The molecule has 0 amide bonds. The molecule has 1 aromatic carbocycles. The number of rotatable bonds is 7. The summed E-state index contributed by atoms with van der Waals surface area (Å²) in [6.07, 6.45) is 3.87. The van der Waals surface area contributed by atoms with Gasteiger partial charge >= 0.3 is 0 Å². The minimum atomic E-state index is 0.147. The van der Waals surface area contributed by atoms with Crippen LogP contribution < -0.4 is 5.73 Å². The molecular formula is C16H25BrN2. The first-order valence-corrected chi connectivity index (χ1v) is 8.10. The molecule has 1 aliphatic carbocycles. The third-order valence-electron chi connectivity index (χ3n) is 3.95. The summed E-state index contributed by atoms with van der Waals surface area (Å²) >= 11 is 3.46. The van der Waals surface area contributed by atoms with E-state index in [1.807, 2.05) is 0 Å². The van der Waals surface area contributed by atoms with Crippen molar-refractivity contribution in [2.45, 2.75) is 45.2 Å². The number of nitrogens with zero attached hydrogens (tertiary/aromatic N) is 1. The molecule has 0 saturated heterocycles. The molecular weight excluding hydrogens is 300 g/mol. The predicted molar refractivity (Wildman–Crippen MR) is 85.1 cm³/mol. The average Bonchev–Trinajstić information content (AvgIpc) is 3.18. The molecule has 0 bridgehead atoms. The molecule has 1 fully saturated rings. The van der Waals surface area contributed by atoms with Crippen molar-refractivity contribution >= 4 is 15.9 Å². The smallest absolute Gasteiger partial charge is 0.0307 e. The van der Waals surface area contributed by atoms with Crippen molar-refractivity contribution in [3.63, 3.8) is 0 Å². The zero-order valence-electron chi connectivity index (χ0n) is 12.0. The zero-order chi connectivity index (χ0) is 13.8. The highest BCUT2D eigenvalue weighted by atomic mass is 79.9. The maximum atomic E-state index is 6.30. The van der Waals surface area contributed by atoms with E-state index in [-0.39, 0.29) is 6.04 Å². The van der Waals surface area contributed by atoms with Crippen LogP contribution in [0.1, 0.15) is 44.7 Å². The van der Waals surface area contributed by atoms with Gasteiger partial charge in [-0.3, -0.25) is 0 Å². The second-order valence-electron chi connectivity index (χ2n) is 5.98. The second-order valence-corrected chi connectivity index (χ2v) is 6.89. The van der Waals surface area contributed by atoms with Gasteiger partial charge in [-0.25, -0.2) is 0 Å². The third kappa shape index (κ3) is 4.90. The van der Waals surface area contributed by atoms with E-state index in [2.05, 4.69) is 58.9 Å². The molecule has 19 heavy (non-hydrogen) atoms. The van der Waals surface area contributed by atoms with Crippen LogP contribution in [0.5, 0.6) is 0 Å². The van der Waals surface area contributed by atoms with Gasteiger partial charge < -0.3 is 10.6 Å². The van der Waals surface area contributed by atoms with Crippen molar-refractivity contribution < 1.29 is 0 Å². The van der Waals surface area contributed by atoms with E-state index >= 15 is 0 Å². The monoisotopic (exact) mass is 324 g/mol. The Morgan fingerprint density at radius 3 is 2.42 bits per heavy atom. The first-order chi connectivity index (χ1) is 9.06. The molecule has 1 aromatic rings. The molecule has 0 aromatic heterocycles. The fourth-order valence-corrected chi connectivity index (χ4v) is 2.64. The molecule has 1 atom stereocenters. The molecule has 0 radical (unpaired) electrons. The van der Waals surface area contributed by atoms with Gasteiger partial charge in [0, 0.05) is 29.6 Å². The lowest BCUT2D eigenvalue weighted by atomic mass is 10.0. The van der Waals surface area contributed by atoms with Gasteiger partial charge in [-0.1, -0.05) is 28.1 Å².